The van der Waals surface area contributed by atoms with Crippen LogP contribution in [0.4, 0.5) is 5.69 Å². The van der Waals surface area contributed by atoms with E-state index in [0.717, 1.165) is 34.0 Å². The highest BCUT2D eigenvalue weighted by atomic mass is 35.5. The molecular formula is C26H24ClN3O3S. The first-order valence-electron chi connectivity index (χ1n) is 10.8. The predicted molar refractivity (Wildman–Crippen MR) is 139 cm³/mol. The Morgan fingerprint density at radius 1 is 1.03 bits per heavy atom. The van der Waals surface area contributed by atoms with Gasteiger partial charge < -0.3 is 9.30 Å². The first-order valence-corrected chi connectivity index (χ1v) is 11.6. The Bertz CT molecular complexity index is 1340. The van der Waals surface area contributed by atoms with Crippen molar-refractivity contribution in [2.24, 2.45) is 0 Å². The smallest absolute Gasteiger partial charge is 0.270 e. The van der Waals surface area contributed by atoms with Crippen LogP contribution in [0.2, 0.25) is 5.02 Å². The molecule has 6 nitrogen and oxygen atoms in total. The molecule has 3 aromatic rings. The molecular weight excluding hydrogens is 470 g/mol. The van der Waals surface area contributed by atoms with Crippen molar-refractivity contribution in [1.29, 1.82) is 0 Å². The van der Waals surface area contributed by atoms with Crippen LogP contribution in [0.25, 0.3) is 11.8 Å². The van der Waals surface area contributed by atoms with Crippen molar-refractivity contribution < 1.29 is 14.3 Å². The SMILES string of the molecule is CCOc1ccc(-n2c(C)cc(/C=C3\C(=O)NC(=S)N(c4ccc(C)c(Cl)c4)C3=O)c2C)cc1. The average molecular weight is 494 g/mol. The van der Waals surface area contributed by atoms with Crippen molar-refractivity contribution in [2.75, 3.05) is 11.5 Å². The molecule has 34 heavy (non-hydrogen) atoms. The zero-order valence-electron chi connectivity index (χ0n) is 19.3. The van der Waals surface area contributed by atoms with E-state index < -0.39 is 11.8 Å². The second-order valence-corrected chi connectivity index (χ2v) is 8.77. The molecule has 0 atom stereocenters. The summed E-state index contributed by atoms with van der Waals surface area (Å²) >= 11 is 11.5. The second kappa shape index (κ2) is 9.44. The van der Waals surface area contributed by atoms with Gasteiger partial charge in [0.2, 0.25) is 0 Å². The number of hydrogen-bond donors (Lipinski definition) is 1. The van der Waals surface area contributed by atoms with Gasteiger partial charge in [0.25, 0.3) is 11.8 Å². The molecule has 8 heteroatoms. The van der Waals surface area contributed by atoms with Crippen LogP contribution in [-0.4, -0.2) is 28.1 Å². The summed E-state index contributed by atoms with van der Waals surface area (Å²) in [5, 5.41) is 3.15. The molecule has 174 valence electrons. The minimum Gasteiger partial charge on any atom is -0.494 e. The van der Waals surface area contributed by atoms with Crippen molar-refractivity contribution in [3.05, 3.63) is 81.6 Å². The maximum atomic E-state index is 13.4. The van der Waals surface area contributed by atoms with E-state index >= 15 is 0 Å². The molecule has 0 unspecified atom stereocenters. The lowest BCUT2D eigenvalue weighted by atomic mass is 10.1. The van der Waals surface area contributed by atoms with Crippen LogP contribution >= 0.6 is 23.8 Å². The third kappa shape index (κ3) is 4.36. The van der Waals surface area contributed by atoms with E-state index in [0.29, 0.717) is 17.3 Å². The molecule has 1 aliphatic heterocycles. The summed E-state index contributed by atoms with van der Waals surface area (Å²) in [6.07, 6.45) is 1.61. The summed E-state index contributed by atoms with van der Waals surface area (Å²) in [5.41, 5.74) is 4.96. The number of aromatic nitrogens is 1. The molecule has 0 aliphatic carbocycles. The van der Waals surface area contributed by atoms with Gasteiger partial charge in [-0.1, -0.05) is 17.7 Å². The fraction of sp³-hybridized carbons (Fsp3) is 0.192. The quantitative estimate of drug-likeness (QED) is 0.298. The number of nitrogens with zero attached hydrogens (tertiary/aromatic N) is 2. The molecule has 2 heterocycles. The number of nitrogens with one attached hydrogen (secondary N) is 1. The zero-order chi connectivity index (χ0) is 24.6. The summed E-state index contributed by atoms with van der Waals surface area (Å²) in [5.74, 6) is -0.234. The van der Waals surface area contributed by atoms with E-state index in [-0.39, 0.29) is 10.7 Å². The number of halogens is 1. The lowest BCUT2D eigenvalue weighted by Gasteiger charge is -2.29. The van der Waals surface area contributed by atoms with Gasteiger partial charge in [0.15, 0.2) is 5.11 Å². The van der Waals surface area contributed by atoms with E-state index in [4.69, 9.17) is 28.6 Å². The molecule has 0 bridgehead atoms. The van der Waals surface area contributed by atoms with Crippen LogP contribution in [0.3, 0.4) is 0 Å². The fourth-order valence-corrected chi connectivity index (χ4v) is 4.41. The molecule has 1 aromatic heterocycles. The summed E-state index contributed by atoms with van der Waals surface area (Å²) in [4.78, 5) is 27.4. The van der Waals surface area contributed by atoms with E-state index in [9.17, 15) is 9.59 Å². The molecule has 0 saturated carbocycles. The number of carbonyl (C=O) groups is 2. The minimum atomic E-state index is -0.532. The van der Waals surface area contributed by atoms with Crippen LogP contribution < -0.4 is 15.0 Å². The molecule has 1 aliphatic rings. The number of carbonyl (C=O) groups excluding carboxylic acids is 2. The van der Waals surface area contributed by atoms with Gasteiger partial charge in [0, 0.05) is 22.1 Å². The third-order valence-electron chi connectivity index (χ3n) is 5.69. The Morgan fingerprint density at radius 2 is 1.71 bits per heavy atom. The van der Waals surface area contributed by atoms with Crippen molar-refractivity contribution >= 4 is 52.5 Å². The highest BCUT2D eigenvalue weighted by molar-refractivity contribution is 7.80. The lowest BCUT2D eigenvalue weighted by molar-refractivity contribution is -0.122. The zero-order valence-corrected chi connectivity index (χ0v) is 20.9. The molecule has 1 fully saturated rings. The van der Waals surface area contributed by atoms with Gasteiger partial charge in [-0.3, -0.25) is 19.8 Å². The molecule has 2 amide bonds. The Balaban J connectivity index is 1.72. The summed E-state index contributed by atoms with van der Waals surface area (Å²) < 4.78 is 7.60. The number of thiocarbonyl (C=S) groups is 1. The summed E-state index contributed by atoms with van der Waals surface area (Å²) in [7, 11) is 0. The van der Waals surface area contributed by atoms with Gasteiger partial charge in [-0.2, -0.15) is 0 Å². The fourth-order valence-electron chi connectivity index (χ4n) is 3.96. The van der Waals surface area contributed by atoms with E-state index in [1.54, 1.807) is 24.3 Å². The first kappa shape index (κ1) is 23.7. The largest absolute Gasteiger partial charge is 0.494 e. The molecule has 1 N–H and O–H groups in total. The number of hydrogen-bond acceptors (Lipinski definition) is 4. The number of anilines is 1. The second-order valence-electron chi connectivity index (χ2n) is 7.98. The summed E-state index contributed by atoms with van der Waals surface area (Å²) in [6, 6.07) is 14.9. The molecule has 4 rings (SSSR count). The van der Waals surface area contributed by atoms with Gasteiger partial charge in [-0.05, 0) is 99.6 Å². The van der Waals surface area contributed by atoms with Crippen LogP contribution in [0.5, 0.6) is 5.75 Å². The standard InChI is InChI=1S/C26H24ClN3O3S/c1-5-33-21-10-8-19(9-11-21)29-16(3)12-18(17(29)4)13-22-24(31)28-26(34)30(25(22)32)20-7-6-15(2)23(27)14-20/h6-14H,5H2,1-4H3,(H,28,31,34)/b22-13+. The number of amides is 2. The van der Waals surface area contributed by atoms with Crippen molar-refractivity contribution in [3.8, 4) is 11.4 Å². The Labute approximate surface area is 208 Å². The normalized spacial score (nSPS) is 15.1. The lowest BCUT2D eigenvalue weighted by Crippen LogP contribution is -2.54. The maximum Gasteiger partial charge on any atom is 0.270 e. The van der Waals surface area contributed by atoms with Crippen LogP contribution in [0, 0.1) is 20.8 Å². The molecule has 0 radical (unpaired) electrons. The topological polar surface area (TPSA) is 63.6 Å². The van der Waals surface area contributed by atoms with E-state index in [2.05, 4.69) is 9.88 Å². The average Bonchev–Trinajstić information content (AvgIpc) is 3.07. The Hall–Kier alpha value is -3.42. The van der Waals surface area contributed by atoms with Crippen LogP contribution in [-0.2, 0) is 9.59 Å². The number of ether oxygens (including phenoxy) is 1. The maximum absolute atomic E-state index is 13.4. The first-order chi connectivity index (χ1) is 16.2. The van der Waals surface area contributed by atoms with Gasteiger partial charge in [-0.15, -0.1) is 0 Å². The highest BCUT2D eigenvalue weighted by Crippen LogP contribution is 2.29. The van der Waals surface area contributed by atoms with Gasteiger partial charge in [0.1, 0.15) is 11.3 Å². The number of rotatable bonds is 5. The van der Waals surface area contributed by atoms with Crippen molar-refractivity contribution in [1.82, 2.24) is 9.88 Å². The van der Waals surface area contributed by atoms with E-state index in [1.165, 1.54) is 4.90 Å². The minimum absolute atomic E-state index is 0.00255. The predicted octanol–water partition coefficient (Wildman–Crippen LogP) is 5.29. The van der Waals surface area contributed by atoms with E-state index in [1.807, 2.05) is 58.0 Å². The highest BCUT2D eigenvalue weighted by Gasteiger charge is 2.35. The van der Waals surface area contributed by atoms with Crippen molar-refractivity contribution in [2.45, 2.75) is 27.7 Å². The van der Waals surface area contributed by atoms with Gasteiger partial charge >= 0.3 is 0 Å². The molecule has 1 saturated heterocycles. The van der Waals surface area contributed by atoms with Crippen LogP contribution in [0.1, 0.15) is 29.4 Å². The van der Waals surface area contributed by atoms with Crippen LogP contribution in [0.15, 0.2) is 54.1 Å². The number of aryl methyl sites for hydroxylation is 2. The van der Waals surface area contributed by atoms with Gasteiger partial charge in [-0.25, -0.2) is 0 Å². The molecule has 0 spiro atoms. The monoisotopic (exact) mass is 493 g/mol. The Morgan fingerprint density at radius 3 is 2.35 bits per heavy atom. The summed E-state index contributed by atoms with van der Waals surface area (Å²) in [6.45, 7) is 8.34. The Kier molecular flexibility index (Phi) is 6.59. The number of benzene rings is 2. The third-order valence-corrected chi connectivity index (χ3v) is 6.38. The van der Waals surface area contributed by atoms with Gasteiger partial charge in [0.05, 0.1) is 12.3 Å². The van der Waals surface area contributed by atoms with Crippen molar-refractivity contribution in [3.63, 3.8) is 0 Å². The molecule has 2 aromatic carbocycles.